The summed E-state index contributed by atoms with van der Waals surface area (Å²) in [5.74, 6) is -0.881. The second kappa shape index (κ2) is 5.45. The van der Waals surface area contributed by atoms with Crippen LogP contribution < -0.4 is 5.32 Å². The van der Waals surface area contributed by atoms with Gasteiger partial charge in [-0.2, -0.15) is 0 Å². The Bertz CT molecular complexity index is 599. The van der Waals surface area contributed by atoms with Gasteiger partial charge in [-0.1, -0.05) is 6.92 Å². The van der Waals surface area contributed by atoms with Gasteiger partial charge in [-0.05, 0) is 44.2 Å². The minimum atomic E-state index is -0.881. The van der Waals surface area contributed by atoms with Crippen LogP contribution in [0.3, 0.4) is 0 Å². The number of carbonyl (C=O) groups is 1. The fourth-order valence-electron chi connectivity index (χ4n) is 2.29. The molecular formula is C15H20N2O2. The summed E-state index contributed by atoms with van der Waals surface area (Å²) in [6, 6.07) is 5.69. The second-order valence-electron chi connectivity index (χ2n) is 4.97. The number of fused-ring (bicyclic) bond motifs is 1. The summed E-state index contributed by atoms with van der Waals surface area (Å²) in [5, 5.41) is 13.4. The Balaban J connectivity index is 2.58. The molecule has 0 fully saturated rings. The van der Waals surface area contributed by atoms with E-state index in [1.54, 1.807) is 12.1 Å². The van der Waals surface area contributed by atoms with E-state index in [4.69, 9.17) is 5.11 Å². The first-order chi connectivity index (χ1) is 9.04. The van der Waals surface area contributed by atoms with Gasteiger partial charge >= 0.3 is 5.97 Å². The third kappa shape index (κ3) is 2.63. The van der Waals surface area contributed by atoms with Gasteiger partial charge in [0.2, 0.25) is 0 Å². The molecule has 0 saturated heterocycles. The lowest BCUT2D eigenvalue weighted by molar-refractivity contribution is 0.0697. The Kier molecular flexibility index (Phi) is 3.90. The first-order valence-electron chi connectivity index (χ1n) is 6.62. The number of carboxylic acid groups (broad SMARTS) is 1. The zero-order chi connectivity index (χ0) is 14.0. The van der Waals surface area contributed by atoms with Gasteiger partial charge in [-0.3, -0.25) is 0 Å². The standard InChI is InChI=1S/C15H20N2O2/c1-4-16-8-12-9-17(10(2)3)14-6-5-11(15(18)19)7-13(12)14/h5-7,9-10,16H,4,8H2,1-3H3,(H,18,19). The van der Waals surface area contributed by atoms with Gasteiger partial charge in [-0.15, -0.1) is 0 Å². The molecule has 1 aromatic carbocycles. The van der Waals surface area contributed by atoms with Crippen molar-refractivity contribution >= 4 is 16.9 Å². The van der Waals surface area contributed by atoms with Crippen LogP contribution in [0.1, 0.15) is 42.7 Å². The number of carboxylic acids is 1. The third-order valence-electron chi connectivity index (χ3n) is 3.28. The van der Waals surface area contributed by atoms with Crippen molar-refractivity contribution in [2.24, 2.45) is 0 Å². The van der Waals surface area contributed by atoms with Crippen LogP contribution in [0, 0.1) is 0 Å². The molecule has 102 valence electrons. The summed E-state index contributed by atoms with van der Waals surface area (Å²) >= 11 is 0. The van der Waals surface area contributed by atoms with Crippen LogP contribution in [-0.4, -0.2) is 22.2 Å². The molecule has 2 aromatic rings. The number of aromatic carboxylic acids is 1. The molecule has 0 bridgehead atoms. The highest BCUT2D eigenvalue weighted by Gasteiger charge is 2.12. The summed E-state index contributed by atoms with van der Waals surface area (Å²) in [4.78, 5) is 11.1. The maximum Gasteiger partial charge on any atom is 0.335 e. The average Bonchev–Trinajstić information content (AvgIpc) is 2.74. The Morgan fingerprint density at radius 1 is 1.42 bits per heavy atom. The van der Waals surface area contributed by atoms with Gasteiger partial charge < -0.3 is 15.0 Å². The van der Waals surface area contributed by atoms with Crippen molar-refractivity contribution in [3.8, 4) is 0 Å². The van der Waals surface area contributed by atoms with E-state index in [9.17, 15) is 4.79 Å². The number of hydrogen-bond acceptors (Lipinski definition) is 2. The largest absolute Gasteiger partial charge is 0.478 e. The van der Waals surface area contributed by atoms with Crippen LogP contribution in [0.5, 0.6) is 0 Å². The first-order valence-corrected chi connectivity index (χ1v) is 6.62. The lowest BCUT2D eigenvalue weighted by Crippen LogP contribution is -2.11. The molecule has 0 atom stereocenters. The molecule has 0 aliphatic carbocycles. The van der Waals surface area contributed by atoms with E-state index in [2.05, 4.69) is 36.9 Å². The smallest absolute Gasteiger partial charge is 0.335 e. The molecule has 0 aliphatic heterocycles. The zero-order valence-electron chi connectivity index (χ0n) is 11.6. The summed E-state index contributed by atoms with van der Waals surface area (Å²) in [7, 11) is 0. The van der Waals surface area contributed by atoms with Crippen molar-refractivity contribution in [1.82, 2.24) is 9.88 Å². The predicted molar refractivity (Wildman–Crippen MR) is 76.7 cm³/mol. The second-order valence-corrected chi connectivity index (χ2v) is 4.97. The molecule has 19 heavy (non-hydrogen) atoms. The molecule has 0 amide bonds. The van der Waals surface area contributed by atoms with Crippen molar-refractivity contribution < 1.29 is 9.90 Å². The van der Waals surface area contributed by atoms with Crippen LogP contribution in [0.2, 0.25) is 0 Å². The molecule has 0 spiro atoms. The zero-order valence-corrected chi connectivity index (χ0v) is 11.6. The molecule has 1 aromatic heterocycles. The summed E-state index contributed by atoms with van der Waals surface area (Å²) in [6.07, 6.45) is 2.11. The topological polar surface area (TPSA) is 54.3 Å². The minimum absolute atomic E-state index is 0.340. The number of hydrogen-bond donors (Lipinski definition) is 2. The SMILES string of the molecule is CCNCc1cn(C(C)C)c2ccc(C(=O)O)cc12. The Morgan fingerprint density at radius 2 is 2.16 bits per heavy atom. The third-order valence-corrected chi connectivity index (χ3v) is 3.28. The average molecular weight is 260 g/mol. The van der Waals surface area contributed by atoms with Crippen molar-refractivity contribution in [3.05, 3.63) is 35.5 Å². The van der Waals surface area contributed by atoms with Crippen molar-refractivity contribution in [2.75, 3.05) is 6.54 Å². The van der Waals surface area contributed by atoms with Crippen LogP contribution in [0.25, 0.3) is 10.9 Å². The van der Waals surface area contributed by atoms with Crippen molar-refractivity contribution in [2.45, 2.75) is 33.4 Å². The number of nitrogens with zero attached hydrogens (tertiary/aromatic N) is 1. The molecule has 0 radical (unpaired) electrons. The van der Waals surface area contributed by atoms with Gasteiger partial charge in [0.1, 0.15) is 0 Å². The van der Waals surface area contributed by atoms with Crippen molar-refractivity contribution in [1.29, 1.82) is 0 Å². The van der Waals surface area contributed by atoms with E-state index in [1.807, 2.05) is 6.07 Å². The Morgan fingerprint density at radius 3 is 2.74 bits per heavy atom. The van der Waals surface area contributed by atoms with E-state index < -0.39 is 5.97 Å². The number of rotatable bonds is 5. The van der Waals surface area contributed by atoms with E-state index in [1.165, 1.54) is 0 Å². The van der Waals surface area contributed by atoms with Gasteiger partial charge in [0, 0.05) is 29.7 Å². The lowest BCUT2D eigenvalue weighted by Gasteiger charge is -2.08. The fraction of sp³-hybridized carbons (Fsp3) is 0.400. The number of aromatic nitrogens is 1. The highest BCUT2D eigenvalue weighted by molar-refractivity contribution is 5.95. The van der Waals surface area contributed by atoms with Gasteiger partial charge in [0.25, 0.3) is 0 Å². The molecular weight excluding hydrogens is 240 g/mol. The summed E-state index contributed by atoms with van der Waals surface area (Å²) in [6.45, 7) is 7.97. The summed E-state index contributed by atoms with van der Waals surface area (Å²) in [5.41, 5.74) is 2.58. The highest BCUT2D eigenvalue weighted by atomic mass is 16.4. The van der Waals surface area contributed by atoms with Gasteiger partial charge in [0.15, 0.2) is 0 Å². The maximum absolute atomic E-state index is 11.1. The molecule has 2 N–H and O–H groups in total. The number of benzene rings is 1. The Labute approximate surface area is 113 Å². The van der Waals surface area contributed by atoms with Crippen LogP contribution in [0.15, 0.2) is 24.4 Å². The molecule has 0 unspecified atom stereocenters. The molecule has 1 heterocycles. The van der Waals surface area contributed by atoms with Crippen LogP contribution in [0.4, 0.5) is 0 Å². The molecule has 2 rings (SSSR count). The fourth-order valence-corrected chi connectivity index (χ4v) is 2.29. The summed E-state index contributed by atoms with van der Waals surface area (Å²) < 4.78 is 2.19. The van der Waals surface area contributed by atoms with Gasteiger partial charge in [-0.25, -0.2) is 4.79 Å². The lowest BCUT2D eigenvalue weighted by atomic mass is 10.1. The van der Waals surface area contributed by atoms with E-state index in [0.717, 1.165) is 29.6 Å². The first kappa shape index (κ1) is 13.6. The molecule has 4 heteroatoms. The Hall–Kier alpha value is -1.81. The minimum Gasteiger partial charge on any atom is -0.478 e. The molecule has 4 nitrogen and oxygen atoms in total. The molecule has 0 aliphatic rings. The van der Waals surface area contributed by atoms with Crippen LogP contribution >= 0.6 is 0 Å². The van der Waals surface area contributed by atoms with E-state index >= 15 is 0 Å². The normalized spacial score (nSPS) is 11.4. The van der Waals surface area contributed by atoms with Gasteiger partial charge in [0.05, 0.1) is 5.56 Å². The monoisotopic (exact) mass is 260 g/mol. The maximum atomic E-state index is 11.1. The highest BCUT2D eigenvalue weighted by Crippen LogP contribution is 2.26. The molecule has 0 saturated carbocycles. The van der Waals surface area contributed by atoms with E-state index in [-0.39, 0.29) is 0 Å². The van der Waals surface area contributed by atoms with E-state index in [0.29, 0.717) is 11.6 Å². The number of nitrogens with one attached hydrogen (secondary N) is 1. The van der Waals surface area contributed by atoms with Crippen molar-refractivity contribution in [3.63, 3.8) is 0 Å². The van der Waals surface area contributed by atoms with Crippen LogP contribution in [-0.2, 0) is 6.54 Å². The quantitative estimate of drug-likeness (QED) is 0.868. The predicted octanol–water partition coefficient (Wildman–Crippen LogP) is 3.03.